The molecule has 2 rings (SSSR count). The summed E-state index contributed by atoms with van der Waals surface area (Å²) in [5, 5.41) is 11.5. The van der Waals surface area contributed by atoms with Crippen molar-refractivity contribution in [1.82, 2.24) is 15.5 Å². The maximum atomic E-state index is 5.65. The molecule has 0 saturated carbocycles. The molecule has 1 aromatic heterocycles. The van der Waals surface area contributed by atoms with Gasteiger partial charge < -0.3 is 14.6 Å². The van der Waals surface area contributed by atoms with Crippen molar-refractivity contribution in [1.29, 1.82) is 0 Å². The van der Waals surface area contributed by atoms with E-state index < -0.39 is 0 Å². The minimum atomic E-state index is 0.266. The van der Waals surface area contributed by atoms with E-state index in [-0.39, 0.29) is 6.04 Å². The molecule has 1 fully saturated rings. The minimum Gasteiger partial charge on any atom is -0.406 e. The summed E-state index contributed by atoms with van der Waals surface area (Å²) in [4.78, 5) is 2.06. The van der Waals surface area contributed by atoms with Gasteiger partial charge in [0.05, 0.1) is 6.04 Å². The van der Waals surface area contributed by atoms with Gasteiger partial charge in [-0.05, 0) is 33.2 Å². The predicted octanol–water partition coefficient (Wildman–Crippen LogP) is 1.34. The molecule has 1 aromatic rings. The molecule has 0 aromatic carbocycles. The van der Waals surface area contributed by atoms with Gasteiger partial charge in [-0.15, -0.1) is 5.10 Å². The number of hydrogen-bond donors (Lipinski definition) is 1. The van der Waals surface area contributed by atoms with Crippen molar-refractivity contribution in [3.63, 3.8) is 0 Å². The van der Waals surface area contributed by atoms with Gasteiger partial charge in [-0.2, -0.15) is 0 Å². The van der Waals surface area contributed by atoms with Crippen LogP contribution >= 0.6 is 0 Å². The first kappa shape index (κ1) is 10.4. The number of anilines is 1. The van der Waals surface area contributed by atoms with E-state index in [9.17, 15) is 0 Å². The van der Waals surface area contributed by atoms with E-state index >= 15 is 0 Å². The molecule has 1 unspecified atom stereocenters. The van der Waals surface area contributed by atoms with Crippen LogP contribution in [0.3, 0.4) is 0 Å². The Morgan fingerprint density at radius 2 is 2.20 bits per heavy atom. The van der Waals surface area contributed by atoms with Crippen LogP contribution in [-0.2, 0) is 0 Å². The summed E-state index contributed by atoms with van der Waals surface area (Å²) in [5.41, 5.74) is 0. The zero-order chi connectivity index (χ0) is 10.7. The lowest BCUT2D eigenvalue weighted by Gasteiger charge is -2.14. The topological polar surface area (TPSA) is 54.2 Å². The number of hydrogen-bond acceptors (Lipinski definition) is 5. The van der Waals surface area contributed by atoms with Crippen molar-refractivity contribution in [2.45, 2.75) is 32.7 Å². The van der Waals surface area contributed by atoms with Crippen LogP contribution < -0.4 is 10.2 Å². The zero-order valence-corrected chi connectivity index (χ0v) is 9.36. The van der Waals surface area contributed by atoms with Crippen LogP contribution in [0.15, 0.2) is 4.42 Å². The maximum absolute atomic E-state index is 5.65. The summed E-state index contributed by atoms with van der Waals surface area (Å²) >= 11 is 0. The lowest BCUT2D eigenvalue weighted by atomic mass is 10.2. The first-order valence-electron chi connectivity index (χ1n) is 5.66. The third-order valence-corrected chi connectivity index (χ3v) is 2.82. The average molecular weight is 210 g/mol. The molecule has 1 saturated heterocycles. The summed E-state index contributed by atoms with van der Waals surface area (Å²) in [6.45, 7) is 7.02. The van der Waals surface area contributed by atoms with Crippen LogP contribution in [0.5, 0.6) is 0 Å². The van der Waals surface area contributed by atoms with Gasteiger partial charge >= 0.3 is 6.01 Å². The summed E-state index contributed by atoms with van der Waals surface area (Å²) in [6, 6.07) is 0.908. The minimum absolute atomic E-state index is 0.266. The standard InChI is InChI=1S/C10H18N4O/c1-3-14(4-2)10-13-12-9(15-10)8-6-5-7-11-8/h8,11H,3-7H2,1-2H3. The van der Waals surface area contributed by atoms with E-state index in [1.807, 2.05) is 0 Å². The van der Waals surface area contributed by atoms with E-state index in [1.54, 1.807) is 0 Å². The number of nitrogens with one attached hydrogen (secondary N) is 1. The van der Waals surface area contributed by atoms with Gasteiger partial charge in [0.15, 0.2) is 0 Å². The van der Waals surface area contributed by atoms with Crippen molar-refractivity contribution < 1.29 is 4.42 Å². The van der Waals surface area contributed by atoms with Crippen molar-refractivity contribution in [2.24, 2.45) is 0 Å². The Hall–Kier alpha value is -1.10. The van der Waals surface area contributed by atoms with Gasteiger partial charge in [-0.3, -0.25) is 0 Å². The fourth-order valence-electron chi connectivity index (χ4n) is 1.88. The van der Waals surface area contributed by atoms with Crippen molar-refractivity contribution in [2.75, 3.05) is 24.5 Å². The Bertz CT molecular complexity index is 286. The lowest BCUT2D eigenvalue weighted by Crippen LogP contribution is -2.22. The van der Waals surface area contributed by atoms with Gasteiger partial charge in [-0.25, -0.2) is 0 Å². The molecule has 84 valence electrons. The Kier molecular flexibility index (Phi) is 3.20. The Balaban J connectivity index is 2.08. The molecule has 1 N–H and O–H groups in total. The second kappa shape index (κ2) is 4.61. The van der Waals surface area contributed by atoms with Gasteiger partial charge in [0.1, 0.15) is 0 Å². The summed E-state index contributed by atoms with van der Waals surface area (Å²) < 4.78 is 5.65. The van der Waals surface area contributed by atoms with Gasteiger partial charge in [0, 0.05) is 13.1 Å². The fourth-order valence-corrected chi connectivity index (χ4v) is 1.88. The smallest absolute Gasteiger partial charge is 0.318 e. The van der Waals surface area contributed by atoms with Gasteiger partial charge in [0.2, 0.25) is 5.89 Å². The number of rotatable bonds is 4. The second-order valence-corrected chi connectivity index (χ2v) is 3.74. The molecule has 5 heteroatoms. The Morgan fingerprint density at radius 1 is 1.40 bits per heavy atom. The molecule has 0 radical (unpaired) electrons. The molecule has 1 aliphatic heterocycles. The predicted molar refractivity (Wildman–Crippen MR) is 57.8 cm³/mol. The first-order chi connectivity index (χ1) is 7.35. The molecule has 0 bridgehead atoms. The molecular formula is C10H18N4O. The van der Waals surface area contributed by atoms with Crippen LogP contribution in [0.1, 0.15) is 38.6 Å². The van der Waals surface area contributed by atoms with Crippen LogP contribution in [0.4, 0.5) is 6.01 Å². The first-order valence-corrected chi connectivity index (χ1v) is 5.66. The zero-order valence-electron chi connectivity index (χ0n) is 9.36. The molecule has 1 atom stereocenters. The third kappa shape index (κ3) is 2.12. The molecule has 5 nitrogen and oxygen atoms in total. The summed E-state index contributed by atoms with van der Waals surface area (Å²) in [5.74, 6) is 0.731. The normalized spacial score (nSPS) is 20.8. The molecule has 0 spiro atoms. The highest BCUT2D eigenvalue weighted by molar-refractivity contribution is 5.23. The molecule has 1 aliphatic rings. The van der Waals surface area contributed by atoms with E-state index in [4.69, 9.17) is 4.42 Å². The molecule has 0 amide bonds. The molecule has 15 heavy (non-hydrogen) atoms. The molecular weight excluding hydrogens is 192 g/mol. The van der Waals surface area contributed by atoms with Crippen molar-refractivity contribution in [3.8, 4) is 0 Å². The summed E-state index contributed by atoms with van der Waals surface area (Å²) in [7, 11) is 0. The van der Waals surface area contributed by atoms with E-state index in [1.165, 1.54) is 6.42 Å². The van der Waals surface area contributed by atoms with E-state index in [2.05, 4.69) is 34.3 Å². The van der Waals surface area contributed by atoms with Crippen LogP contribution in [0, 0.1) is 0 Å². The fraction of sp³-hybridized carbons (Fsp3) is 0.800. The second-order valence-electron chi connectivity index (χ2n) is 3.74. The maximum Gasteiger partial charge on any atom is 0.318 e. The highest BCUT2D eigenvalue weighted by Gasteiger charge is 2.22. The molecule has 2 heterocycles. The van der Waals surface area contributed by atoms with Crippen LogP contribution in [-0.4, -0.2) is 29.8 Å². The average Bonchev–Trinajstić information content (AvgIpc) is 2.89. The van der Waals surface area contributed by atoms with Gasteiger partial charge in [-0.1, -0.05) is 5.10 Å². The molecule has 0 aliphatic carbocycles. The highest BCUT2D eigenvalue weighted by atomic mass is 16.4. The lowest BCUT2D eigenvalue weighted by molar-refractivity contribution is 0.427. The van der Waals surface area contributed by atoms with Crippen molar-refractivity contribution >= 4 is 6.01 Å². The van der Waals surface area contributed by atoms with Crippen LogP contribution in [0.25, 0.3) is 0 Å². The third-order valence-electron chi connectivity index (χ3n) is 2.82. The van der Waals surface area contributed by atoms with Crippen LogP contribution in [0.2, 0.25) is 0 Å². The Morgan fingerprint density at radius 3 is 2.80 bits per heavy atom. The SMILES string of the molecule is CCN(CC)c1nnc(C2CCCN2)o1. The highest BCUT2D eigenvalue weighted by Crippen LogP contribution is 2.23. The van der Waals surface area contributed by atoms with Gasteiger partial charge in [0.25, 0.3) is 0 Å². The van der Waals surface area contributed by atoms with E-state index in [0.29, 0.717) is 6.01 Å². The summed E-state index contributed by atoms with van der Waals surface area (Å²) in [6.07, 6.45) is 2.29. The largest absolute Gasteiger partial charge is 0.406 e. The quantitative estimate of drug-likeness (QED) is 0.812. The monoisotopic (exact) mass is 210 g/mol. The van der Waals surface area contributed by atoms with Crippen molar-refractivity contribution in [3.05, 3.63) is 5.89 Å². The Labute approximate surface area is 89.9 Å². The van der Waals surface area contributed by atoms with E-state index in [0.717, 1.165) is 31.9 Å². The number of aromatic nitrogens is 2. The number of nitrogens with zero attached hydrogens (tertiary/aromatic N) is 3.